The third kappa shape index (κ3) is 9.75. The summed E-state index contributed by atoms with van der Waals surface area (Å²) in [6.07, 6.45) is -4.95. The Morgan fingerprint density at radius 2 is 1.77 bits per heavy atom. The van der Waals surface area contributed by atoms with Crippen molar-refractivity contribution >= 4 is 29.5 Å². The summed E-state index contributed by atoms with van der Waals surface area (Å²) < 4.78 is 51.9. The fourth-order valence-electron chi connectivity index (χ4n) is 2.51. The average molecular weight is 477 g/mol. The number of alkyl halides is 3. The minimum atomic E-state index is -4.73. The highest BCUT2D eigenvalue weighted by atomic mass is 32.2. The second-order valence-electron chi connectivity index (χ2n) is 6.33. The summed E-state index contributed by atoms with van der Waals surface area (Å²) in [5.74, 6) is -0.119. The average Bonchev–Trinajstić information content (AvgIpc) is 2.69. The molecule has 2 aromatic carbocycles. The topological polar surface area (TPSA) is 65.0 Å². The van der Waals surface area contributed by atoms with Gasteiger partial charge in [0.05, 0.1) is 5.75 Å². The Balaban J connectivity index is 1.87. The number of carboxylic acids is 1. The zero-order valence-electron chi connectivity index (χ0n) is 17.0. The molecular formula is C21H23F3O5S2. The lowest BCUT2D eigenvalue weighted by atomic mass is 10.2. The normalized spacial score (nSPS) is 12.4. The second kappa shape index (κ2) is 12.1. The van der Waals surface area contributed by atoms with Gasteiger partial charge in [-0.15, -0.1) is 36.7 Å². The quantitative estimate of drug-likeness (QED) is 0.397. The molecular weight excluding hydrogens is 453 g/mol. The summed E-state index contributed by atoms with van der Waals surface area (Å²) in [5.41, 5.74) is 1.00. The lowest BCUT2D eigenvalue weighted by Crippen LogP contribution is -2.24. The maximum atomic E-state index is 12.2. The first kappa shape index (κ1) is 25.2. The minimum Gasteiger partial charge on any atom is -0.491 e. The Morgan fingerprint density at radius 3 is 2.35 bits per heavy atom. The number of halogens is 3. The molecule has 1 N–H and O–H groups in total. The number of benzene rings is 2. The number of hydrogen-bond acceptors (Lipinski definition) is 6. The Morgan fingerprint density at radius 1 is 1.10 bits per heavy atom. The van der Waals surface area contributed by atoms with Crippen LogP contribution in [0.25, 0.3) is 0 Å². The molecule has 0 heterocycles. The highest BCUT2D eigenvalue weighted by molar-refractivity contribution is 8.00. The Kier molecular flexibility index (Phi) is 9.86. The second-order valence-corrected chi connectivity index (χ2v) is 8.44. The van der Waals surface area contributed by atoms with E-state index in [1.807, 2.05) is 32.0 Å². The molecule has 0 fully saturated rings. The van der Waals surface area contributed by atoms with Gasteiger partial charge in [0.25, 0.3) is 0 Å². The molecule has 0 bridgehead atoms. The van der Waals surface area contributed by atoms with Crippen molar-refractivity contribution in [1.29, 1.82) is 0 Å². The van der Waals surface area contributed by atoms with E-state index in [0.717, 1.165) is 15.4 Å². The molecule has 170 valence electrons. The maximum absolute atomic E-state index is 12.2. The van der Waals surface area contributed by atoms with Crippen LogP contribution in [0, 0.1) is 6.92 Å². The summed E-state index contributed by atoms with van der Waals surface area (Å²) in [5, 5.41) is 8.81. The molecule has 1 atom stereocenters. The van der Waals surface area contributed by atoms with E-state index in [9.17, 15) is 18.0 Å². The molecule has 0 aliphatic carbocycles. The van der Waals surface area contributed by atoms with Crippen molar-refractivity contribution in [2.45, 2.75) is 36.1 Å². The van der Waals surface area contributed by atoms with E-state index in [1.54, 1.807) is 11.8 Å². The van der Waals surface area contributed by atoms with Crippen LogP contribution in [0.1, 0.15) is 12.5 Å². The van der Waals surface area contributed by atoms with Gasteiger partial charge in [-0.2, -0.15) is 0 Å². The van der Waals surface area contributed by atoms with Gasteiger partial charge in [-0.1, -0.05) is 0 Å². The van der Waals surface area contributed by atoms with E-state index in [-0.39, 0.29) is 24.2 Å². The van der Waals surface area contributed by atoms with Crippen molar-refractivity contribution in [2.75, 3.05) is 24.7 Å². The number of aryl methyl sites for hydroxylation is 1. The molecule has 0 aromatic heterocycles. The zero-order valence-corrected chi connectivity index (χ0v) is 18.6. The van der Waals surface area contributed by atoms with Crippen molar-refractivity contribution in [3.8, 4) is 11.5 Å². The number of rotatable bonds is 12. The van der Waals surface area contributed by atoms with Crippen LogP contribution in [-0.2, 0) is 9.53 Å². The minimum absolute atomic E-state index is 0.0143. The molecule has 10 heteroatoms. The van der Waals surface area contributed by atoms with Crippen molar-refractivity contribution < 1.29 is 37.3 Å². The van der Waals surface area contributed by atoms with Gasteiger partial charge in [-0.25, -0.2) is 0 Å². The first-order valence-electron chi connectivity index (χ1n) is 9.34. The fraction of sp³-hybridized carbons (Fsp3) is 0.381. The third-order valence-corrected chi connectivity index (χ3v) is 6.12. The molecule has 0 spiro atoms. The number of hydrogen-bond donors (Lipinski definition) is 1. The molecule has 0 amide bonds. The molecule has 0 aliphatic rings. The summed E-state index contributed by atoms with van der Waals surface area (Å²) in [6, 6.07) is 11.0. The Hall–Kier alpha value is -2.04. The first-order chi connectivity index (χ1) is 14.7. The monoisotopic (exact) mass is 476 g/mol. The van der Waals surface area contributed by atoms with E-state index < -0.39 is 12.3 Å². The third-order valence-electron chi connectivity index (χ3n) is 3.83. The van der Waals surface area contributed by atoms with Crippen LogP contribution < -0.4 is 9.47 Å². The maximum Gasteiger partial charge on any atom is 0.573 e. The van der Waals surface area contributed by atoms with Gasteiger partial charge in [-0.3, -0.25) is 4.79 Å². The number of aliphatic carboxylic acids is 1. The molecule has 2 rings (SSSR count). The Bertz CT molecular complexity index is 844. The highest BCUT2D eigenvalue weighted by Crippen LogP contribution is 2.29. The molecule has 2 aromatic rings. The number of carbonyl (C=O) groups is 1. The fourth-order valence-corrected chi connectivity index (χ4v) is 4.23. The lowest BCUT2D eigenvalue weighted by Gasteiger charge is -2.18. The van der Waals surface area contributed by atoms with Crippen LogP contribution in [0.4, 0.5) is 13.2 Å². The van der Waals surface area contributed by atoms with Gasteiger partial charge in [0.15, 0.2) is 0 Å². The molecule has 0 radical (unpaired) electrons. The van der Waals surface area contributed by atoms with E-state index in [2.05, 4.69) is 4.74 Å². The van der Waals surface area contributed by atoms with Crippen LogP contribution in [0.15, 0.2) is 52.3 Å². The van der Waals surface area contributed by atoms with Crippen molar-refractivity contribution in [3.05, 3.63) is 48.0 Å². The summed E-state index contributed by atoms with van der Waals surface area (Å²) in [4.78, 5) is 12.7. The van der Waals surface area contributed by atoms with E-state index in [1.165, 1.54) is 36.0 Å². The predicted octanol–water partition coefficient (Wildman–Crippen LogP) is 5.65. The summed E-state index contributed by atoms with van der Waals surface area (Å²) in [6.45, 7) is 4.55. The zero-order chi connectivity index (χ0) is 22.9. The standard InChI is InChI=1S/C21H23F3O5S2/c1-3-27-17(11-28-15-4-6-16(7-5-15)29-21(22,23)24)12-30-18-8-9-19(14(2)10-18)31-13-20(25)26/h4-10,17H,3,11-13H2,1-2H3,(H,25,26). The number of ether oxygens (including phenoxy) is 3. The number of thioether (sulfide) groups is 2. The highest BCUT2D eigenvalue weighted by Gasteiger charge is 2.31. The first-order valence-corrected chi connectivity index (χ1v) is 11.3. The van der Waals surface area contributed by atoms with Gasteiger partial charge in [0, 0.05) is 22.2 Å². The van der Waals surface area contributed by atoms with Crippen LogP contribution in [0.2, 0.25) is 0 Å². The SMILES string of the molecule is CCOC(COc1ccc(OC(F)(F)F)cc1)CSc1ccc(SCC(=O)O)c(C)c1. The van der Waals surface area contributed by atoms with E-state index in [0.29, 0.717) is 18.1 Å². The van der Waals surface area contributed by atoms with Crippen LogP contribution in [-0.4, -0.2) is 48.3 Å². The van der Waals surface area contributed by atoms with Crippen LogP contribution in [0.3, 0.4) is 0 Å². The van der Waals surface area contributed by atoms with Gasteiger partial charge < -0.3 is 19.3 Å². The van der Waals surface area contributed by atoms with Crippen LogP contribution in [0.5, 0.6) is 11.5 Å². The van der Waals surface area contributed by atoms with E-state index >= 15 is 0 Å². The largest absolute Gasteiger partial charge is 0.573 e. The Labute approximate surface area is 187 Å². The lowest BCUT2D eigenvalue weighted by molar-refractivity contribution is -0.274. The van der Waals surface area contributed by atoms with E-state index in [4.69, 9.17) is 14.6 Å². The van der Waals surface area contributed by atoms with Crippen molar-refractivity contribution in [1.82, 2.24) is 0 Å². The van der Waals surface area contributed by atoms with Crippen molar-refractivity contribution in [2.24, 2.45) is 0 Å². The van der Waals surface area contributed by atoms with Gasteiger partial charge in [-0.05, 0) is 61.9 Å². The summed E-state index contributed by atoms with van der Waals surface area (Å²) in [7, 11) is 0. The summed E-state index contributed by atoms with van der Waals surface area (Å²) >= 11 is 2.87. The smallest absolute Gasteiger partial charge is 0.491 e. The van der Waals surface area contributed by atoms with Crippen LogP contribution >= 0.6 is 23.5 Å². The van der Waals surface area contributed by atoms with Gasteiger partial charge >= 0.3 is 12.3 Å². The molecule has 5 nitrogen and oxygen atoms in total. The molecule has 0 aliphatic heterocycles. The predicted molar refractivity (Wildman–Crippen MR) is 114 cm³/mol. The van der Waals surface area contributed by atoms with Gasteiger partial charge in [0.2, 0.25) is 0 Å². The molecule has 0 saturated heterocycles. The van der Waals surface area contributed by atoms with Crippen molar-refractivity contribution in [3.63, 3.8) is 0 Å². The molecule has 1 unspecified atom stereocenters. The van der Waals surface area contributed by atoms with Gasteiger partial charge in [0.1, 0.15) is 24.2 Å². The molecule has 0 saturated carbocycles. The number of carboxylic acid groups (broad SMARTS) is 1. The molecule has 31 heavy (non-hydrogen) atoms.